The van der Waals surface area contributed by atoms with Crippen LogP contribution in [0, 0.1) is 0 Å². The van der Waals surface area contributed by atoms with Gasteiger partial charge in [0.05, 0.1) is 12.2 Å². The highest BCUT2D eigenvalue weighted by atomic mass is 16.5. The van der Waals surface area contributed by atoms with Crippen molar-refractivity contribution in [3.8, 4) is 5.75 Å². The number of carbonyl (C=O) groups excluding carboxylic acids is 1. The van der Waals surface area contributed by atoms with Crippen molar-refractivity contribution in [2.75, 3.05) is 6.61 Å². The molecule has 0 saturated carbocycles. The summed E-state index contributed by atoms with van der Waals surface area (Å²) < 4.78 is 11.0. The number of carboxylic acid groups (broad SMARTS) is 1. The number of hydrogen-bond acceptors (Lipinski definition) is 4. The average molecular weight is 398 g/mol. The Balaban J connectivity index is 1.54. The van der Waals surface area contributed by atoms with Crippen LogP contribution in [-0.4, -0.2) is 23.7 Å². The molecular formula is C24H30O5. The molecule has 0 fully saturated rings. The third-order valence-corrected chi connectivity index (χ3v) is 4.61. The molecule has 156 valence electrons. The largest absolute Gasteiger partial charge is 0.494 e. The van der Waals surface area contributed by atoms with Crippen LogP contribution in [0.15, 0.2) is 54.6 Å². The van der Waals surface area contributed by atoms with Gasteiger partial charge in [-0.3, -0.25) is 4.79 Å². The SMILES string of the molecule is O=C(O)CCCCCCCCCOc1ccc(C(=O)OCc2ccccc2)cc1. The first kappa shape index (κ1) is 22.5. The van der Waals surface area contributed by atoms with Gasteiger partial charge in [0.15, 0.2) is 0 Å². The molecule has 2 aromatic rings. The van der Waals surface area contributed by atoms with Crippen LogP contribution in [0.5, 0.6) is 5.75 Å². The number of carboxylic acids is 1. The first-order valence-electron chi connectivity index (χ1n) is 10.3. The third kappa shape index (κ3) is 9.79. The normalized spacial score (nSPS) is 10.5. The Morgan fingerprint density at radius 3 is 2.03 bits per heavy atom. The number of benzene rings is 2. The molecule has 0 spiro atoms. The first-order chi connectivity index (χ1) is 14.1. The van der Waals surface area contributed by atoms with Gasteiger partial charge in [-0.25, -0.2) is 4.79 Å². The van der Waals surface area contributed by atoms with Gasteiger partial charge in [0.1, 0.15) is 12.4 Å². The van der Waals surface area contributed by atoms with Gasteiger partial charge in [-0.1, -0.05) is 62.4 Å². The number of unbranched alkanes of at least 4 members (excludes halogenated alkanes) is 6. The van der Waals surface area contributed by atoms with Crippen molar-refractivity contribution >= 4 is 11.9 Å². The molecule has 2 rings (SSSR count). The molecule has 5 nitrogen and oxygen atoms in total. The van der Waals surface area contributed by atoms with E-state index in [0.717, 1.165) is 56.3 Å². The number of aliphatic carboxylic acids is 1. The summed E-state index contributed by atoms with van der Waals surface area (Å²) in [6, 6.07) is 16.6. The second kappa shape index (κ2) is 13.4. The highest BCUT2D eigenvalue weighted by Gasteiger charge is 2.07. The molecule has 0 bridgehead atoms. The van der Waals surface area contributed by atoms with Crippen molar-refractivity contribution in [1.29, 1.82) is 0 Å². The van der Waals surface area contributed by atoms with Gasteiger partial charge in [0, 0.05) is 6.42 Å². The maximum absolute atomic E-state index is 12.1. The second-order valence-electron chi connectivity index (χ2n) is 7.05. The number of rotatable bonds is 14. The zero-order valence-corrected chi connectivity index (χ0v) is 16.8. The van der Waals surface area contributed by atoms with Crippen LogP contribution in [0.4, 0.5) is 0 Å². The molecule has 2 aromatic carbocycles. The zero-order chi connectivity index (χ0) is 20.7. The summed E-state index contributed by atoms with van der Waals surface area (Å²) >= 11 is 0. The van der Waals surface area contributed by atoms with Gasteiger partial charge >= 0.3 is 11.9 Å². The van der Waals surface area contributed by atoms with Crippen LogP contribution in [0.2, 0.25) is 0 Å². The van der Waals surface area contributed by atoms with Gasteiger partial charge in [-0.05, 0) is 42.7 Å². The Morgan fingerprint density at radius 1 is 0.759 bits per heavy atom. The Bertz CT molecular complexity index is 725. The Labute approximate surface area is 172 Å². The topological polar surface area (TPSA) is 72.8 Å². The average Bonchev–Trinajstić information content (AvgIpc) is 2.74. The van der Waals surface area contributed by atoms with E-state index in [-0.39, 0.29) is 19.0 Å². The lowest BCUT2D eigenvalue weighted by atomic mass is 10.1. The van der Waals surface area contributed by atoms with Gasteiger partial charge in [-0.2, -0.15) is 0 Å². The fraction of sp³-hybridized carbons (Fsp3) is 0.417. The summed E-state index contributed by atoms with van der Waals surface area (Å²) in [5.74, 6) is -0.304. The van der Waals surface area contributed by atoms with Crippen molar-refractivity contribution in [3.05, 3.63) is 65.7 Å². The van der Waals surface area contributed by atoms with Crippen molar-refractivity contribution < 1.29 is 24.2 Å². The van der Waals surface area contributed by atoms with E-state index in [9.17, 15) is 9.59 Å². The van der Waals surface area contributed by atoms with Crippen LogP contribution < -0.4 is 4.74 Å². The minimum Gasteiger partial charge on any atom is -0.494 e. The fourth-order valence-electron chi connectivity index (χ4n) is 2.95. The van der Waals surface area contributed by atoms with Crippen LogP contribution >= 0.6 is 0 Å². The maximum atomic E-state index is 12.1. The van der Waals surface area contributed by atoms with E-state index in [2.05, 4.69) is 0 Å². The minimum atomic E-state index is -0.709. The van der Waals surface area contributed by atoms with Crippen molar-refractivity contribution in [3.63, 3.8) is 0 Å². The molecule has 0 radical (unpaired) electrons. The number of carbonyl (C=O) groups is 2. The molecule has 0 amide bonds. The smallest absolute Gasteiger partial charge is 0.338 e. The molecule has 0 atom stereocenters. The lowest BCUT2D eigenvalue weighted by molar-refractivity contribution is -0.137. The molecule has 5 heteroatoms. The second-order valence-corrected chi connectivity index (χ2v) is 7.05. The lowest BCUT2D eigenvalue weighted by Gasteiger charge is -2.08. The maximum Gasteiger partial charge on any atom is 0.338 e. The molecule has 1 N–H and O–H groups in total. The van der Waals surface area contributed by atoms with Crippen molar-refractivity contribution in [2.24, 2.45) is 0 Å². The molecule has 0 aliphatic carbocycles. The minimum absolute atomic E-state index is 0.261. The highest BCUT2D eigenvalue weighted by Crippen LogP contribution is 2.15. The molecule has 0 aromatic heterocycles. The summed E-state index contributed by atoms with van der Waals surface area (Å²) in [6.45, 7) is 0.911. The quantitative estimate of drug-likeness (QED) is 0.330. The van der Waals surface area contributed by atoms with Gasteiger partial charge in [0.2, 0.25) is 0 Å². The molecular weight excluding hydrogens is 368 g/mol. The number of ether oxygens (including phenoxy) is 2. The summed E-state index contributed by atoms with van der Waals surface area (Å²) in [5.41, 5.74) is 1.47. The standard InChI is InChI=1S/C24H30O5/c25-23(26)13-9-4-2-1-3-5-10-18-28-22-16-14-21(15-17-22)24(27)29-19-20-11-7-6-8-12-20/h6-8,11-12,14-17H,1-5,9-10,13,18-19H2,(H,25,26). The van der Waals surface area contributed by atoms with Crippen molar-refractivity contribution in [2.45, 2.75) is 58.0 Å². The van der Waals surface area contributed by atoms with Crippen molar-refractivity contribution in [1.82, 2.24) is 0 Å². The van der Waals surface area contributed by atoms with Gasteiger partial charge in [0.25, 0.3) is 0 Å². The first-order valence-corrected chi connectivity index (χ1v) is 10.3. The van der Waals surface area contributed by atoms with E-state index in [1.165, 1.54) is 0 Å². The van der Waals surface area contributed by atoms with E-state index in [1.807, 2.05) is 30.3 Å². The summed E-state index contributed by atoms with van der Waals surface area (Å²) in [5, 5.41) is 8.58. The zero-order valence-electron chi connectivity index (χ0n) is 16.8. The van der Waals surface area contributed by atoms with Gasteiger partial charge in [-0.15, -0.1) is 0 Å². The molecule has 0 aliphatic heterocycles. The molecule has 0 saturated heterocycles. The monoisotopic (exact) mass is 398 g/mol. The fourth-order valence-corrected chi connectivity index (χ4v) is 2.95. The Kier molecular flexibility index (Phi) is 10.4. The molecule has 29 heavy (non-hydrogen) atoms. The van der Waals surface area contributed by atoms with Crippen LogP contribution in [0.3, 0.4) is 0 Å². The van der Waals surface area contributed by atoms with E-state index in [4.69, 9.17) is 14.6 Å². The predicted molar refractivity (Wildman–Crippen MR) is 112 cm³/mol. The van der Waals surface area contributed by atoms with Gasteiger partial charge < -0.3 is 14.6 Å². The highest BCUT2D eigenvalue weighted by molar-refractivity contribution is 5.89. The van der Waals surface area contributed by atoms with E-state index >= 15 is 0 Å². The summed E-state index contributed by atoms with van der Waals surface area (Å²) in [7, 11) is 0. The Morgan fingerprint density at radius 2 is 1.38 bits per heavy atom. The predicted octanol–water partition coefficient (Wildman–Crippen LogP) is 5.63. The summed E-state index contributed by atoms with van der Waals surface area (Å²) in [4.78, 5) is 22.5. The molecule has 0 heterocycles. The Hall–Kier alpha value is -2.82. The van der Waals surface area contributed by atoms with E-state index in [1.54, 1.807) is 24.3 Å². The lowest BCUT2D eigenvalue weighted by Crippen LogP contribution is -2.05. The summed E-state index contributed by atoms with van der Waals surface area (Å²) in [6.07, 6.45) is 7.49. The van der Waals surface area contributed by atoms with E-state index in [0.29, 0.717) is 12.2 Å². The van der Waals surface area contributed by atoms with Crippen LogP contribution in [0.1, 0.15) is 67.3 Å². The molecule has 0 aliphatic rings. The number of esters is 1. The van der Waals surface area contributed by atoms with Crippen LogP contribution in [-0.2, 0) is 16.1 Å². The third-order valence-electron chi connectivity index (χ3n) is 4.61. The van der Waals surface area contributed by atoms with E-state index < -0.39 is 5.97 Å². The molecule has 0 unspecified atom stereocenters. The number of hydrogen-bond donors (Lipinski definition) is 1. The van der Waals surface area contributed by atoms with Crippen LogP contribution in [0.25, 0.3) is 0 Å².